The van der Waals surface area contributed by atoms with E-state index in [1.54, 1.807) is 38.1 Å². The highest BCUT2D eigenvalue weighted by Gasteiger charge is 2.23. The third kappa shape index (κ3) is 6.82. The van der Waals surface area contributed by atoms with Gasteiger partial charge in [0.15, 0.2) is 11.8 Å². The number of nitrogens with zero attached hydrogens (tertiary/aromatic N) is 3. The predicted molar refractivity (Wildman–Crippen MR) is 118 cm³/mol. The van der Waals surface area contributed by atoms with E-state index < -0.39 is 29.9 Å². The van der Waals surface area contributed by atoms with E-state index in [0.29, 0.717) is 16.1 Å². The normalized spacial score (nSPS) is 12.1. The summed E-state index contributed by atoms with van der Waals surface area (Å²) < 4.78 is 19.2. The standard InChI is InChI=1S/C22H23ClFN5O4/c1-13(2)33-22(32)20(30)12-29(27-21(31)19-10-25-28-26-19)11-14-3-5-15(6-4-14)17-9-16(23)7-8-18(17)24/h3-10,13,20,30H,11-12H2,1-2H3,(H,27,31)(H,25,26,28)/t20-/m1/s1. The Kier molecular flexibility index (Phi) is 8.10. The van der Waals surface area contributed by atoms with Gasteiger partial charge in [-0.25, -0.2) is 14.2 Å². The van der Waals surface area contributed by atoms with Crippen molar-refractivity contribution in [2.75, 3.05) is 6.54 Å². The first-order chi connectivity index (χ1) is 15.7. The van der Waals surface area contributed by atoms with Gasteiger partial charge in [-0.15, -0.1) is 0 Å². The number of rotatable bonds is 9. The number of aliphatic hydroxyl groups excluding tert-OH is 1. The van der Waals surface area contributed by atoms with Gasteiger partial charge in [0, 0.05) is 17.1 Å². The summed E-state index contributed by atoms with van der Waals surface area (Å²) in [6.07, 6.45) is -0.653. The van der Waals surface area contributed by atoms with Gasteiger partial charge in [-0.1, -0.05) is 35.9 Å². The minimum Gasteiger partial charge on any atom is -0.461 e. The summed E-state index contributed by atoms with van der Waals surface area (Å²) in [6.45, 7) is 3.23. The van der Waals surface area contributed by atoms with Gasteiger partial charge >= 0.3 is 5.97 Å². The molecule has 0 saturated heterocycles. The Hall–Kier alpha value is -3.34. The molecule has 0 spiro atoms. The maximum absolute atomic E-state index is 14.2. The molecule has 0 aliphatic rings. The quantitative estimate of drug-likeness (QED) is 0.321. The lowest BCUT2D eigenvalue weighted by atomic mass is 10.0. The first kappa shape index (κ1) is 24.3. The molecule has 0 aliphatic carbocycles. The van der Waals surface area contributed by atoms with Crippen LogP contribution < -0.4 is 5.43 Å². The molecule has 33 heavy (non-hydrogen) atoms. The maximum Gasteiger partial charge on any atom is 0.336 e. The molecule has 0 radical (unpaired) electrons. The van der Waals surface area contributed by atoms with Crippen LogP contribution in [-0.2, 0) is 16.1 Å². The van der Waals surface area contributed by atoms with Gasteiger partial charge in [0.05, 0.1) is 18.8 Å². The molecule has 1 amide bonds. The van der Waals surface area contributed by atoms with Crippen LogP contribution in [0.2, 0.25) is 5.02 Å². The lowest BCUT2D eigenvalue weighted by Gasteiger charge is -2.25. The van der Waals surface area contributed by atoms with Crippen LogP contribution in [0.25, 0.3) is 11.1 Å². The van der Waals surface area contributed by atoms with Gasteiger partial charge in [-0.3, -0.25) is 10.2 Å². The number of ether oxygens (including phenoxy) is 1. The summed E-state index contributed by atoms with van der Waals surface area (Å²) in [5.74, 6) is -1.79. The van der Waals surface area contributed by atoms with Crippen molar-refractivity contribution in [2.45, 2.75) is 32.6 Å². The second-order valence-electron chi connectivity index (χ2n) is 7.50. The number of aromatic nitrogens is 3. The molecule has 3 rings (SSSR count). The van der Waals surface area contributed by atoms with Crippen molar-refractivity contribution in [2.24, 2.45) is 0 Å². The highest BCUT2D eigenvalue weighted by Crippen LogP contribution is 2.26. The lowest BCUT2D eigenvalue weighted by molar-refractivity contribution is -0.158. The van der Waals surface area contributed by atoms with Crippen molar-refractivity contribution in [1.82, 2.24) is 25.8 Å². The summed E-state index contributed by atoms with van der Waals surface area (Å²) >= 11 is 5.98. The largest absolute Gasteiger partial charge is 0.461 e. The van der Waals surface area contributed by atoms with E-state index in [2.05, 4.69) is 20.8 Å². The number of H-pyrrole nitrogens is 1. The van der Waals surface area contributed by atoms with Gasteiger partial charge in [-0.05, 0) is 43.2 Å². The molecule has 0 aliphatic heterocycles. The molecule has 1 heterocycles. The summed E-state index contributed by atoms with van der Waals surface area (Å²) in [5.41, 5.74) is 4.34. The Labute approximate surface area is 194 Å². The number of carbonyl (C=O) groups is 2. The second-order valence-corrected chi connectivity index (χ2v) is 7.94. The van der Waals surface area contributed by atoms with E-state index in [1.165, 1.54) is 29.4 Å². The van der Waals surface area contributed by atoms with E-state index in [4.69, 9.17) is 16.3 Å². The zero-order valence-electron chi connectivity index (χ0n) is 18.0. The van der Waals surface area contributed by atoms with Crippen LogP contribution in [0.4, 0.5) is 4.39 Å². The zero-order valence-corrected chi connectivity index (χ0v) is 18.7. The molecule has 2 aromatic carbocycles. The molecular weight excluding hydrogens is 453 g/mol. The molecule has 3 aromatic rings. The minimum atomic E-state index is -1.50. The average molecular weight is 476 g/mol. The maximum atomic E-state index is 14.2. The fraction of sp³-hybridized carbons (Fsp3) is 0.273. The number of nitrogens with one attached hydrogen (secondary N) is 2. The van der Waals surface area contributed by atoms with Crippen molar-refractivity contribution in [1.29, 1.82) is 0 Å². The van der Waals surface area contributed by atoms with Gasteiger partial charge < -0.3 is 9.84 Å². The number of hydrogen-bond acceptors (Lipinski definition) is 7. The van der Waals surface area contributed by atoms with Gasteiger partial charge in [-0.2, -0.15) is 15.4 Å². The third-order valence-electron chi connectivity index (χ3n) is 4.49. The smallest absolute Gasteiger partial charge is 0.336 e. The van der Waals surface area contributed by atoms with E-state index in [1.807, 2.05) is 0 Å². The molecule has 0 saturated carbocycles. The predicted octanol–water partition coefficient (Wildman–Crippen LogP) is 2.72. The SMILES string of the molecule is CC(C)OC(=O)[C@H](O)CN(Cc1ccc(-c2cc(Cl)ccc2F)cc1)NC(=O)c1cn[nH]n1. The number of esters is 1. The van der Waals surface area contributed by atoms with Crippen LogP contribution in [0, 0.1) is 5.82 Å². The summed E-state index contributed by atoms with van der Waals surface area (Å²) in [7, 11) is 0. The van der Waals surface area contributed by atoms with Crippen molar-refractivity contribution in [3.05, 3.63) is 70.8 Å². The van der Waals surface area contributed by atoms with Gasteiger partial charge in [0.1, 0.15) is 5.82 Å². The van der Waals surface area contributed by atoms with Crippen LogP contribution in [0.1, 0.15) is 29.9 Å². The first-order valence-corrected chi connectivity index (χ1v) is 10.5. The Morgan fingerprint density at radius 2 is 1.97 bits per heavy atom. The summed E-state index contributed by atoms with van der Waals surface area (Å²) in [6, 6.07) is 11.2. The van der Waals surface area contributed by atoms with Crippen LogP contribution >= 0.6 is 11.6 Å². The van der Waals surface area contributed by atoms with Crippen LogP contribution in [0.3, 0.4) is 0 Å². The Morgan fingerprint density at radius 3 is 2.61 bits per heavy atom. The van der Waals surface area contributed by atoms with Crippen molar-refractivity contribution >= 4 is 23.5 Å². The topological polar surface area (TPSA) is 120 Å². The number of hydrogen-bond donors (Lipinski definition) is 3. The van der Waals surface area contributed by atoms with Crippen LogP contribution in [0.5, 0.6) is 0 Å². The molecule has 11 heteroatoms. The summed E-state index contributed by atoms with van der Waals surface area (Å²) in [4.78, 5) is 24.4. The highest BCUT2D eigenvalue weighted by molar-refractivity contribution is 6.30. The molecule has 0 fully saturated rings. The van der Waals surface area contributed by atoms with Gasteiger partial charge in [0.25, 0.3) is 5.91 Å². The first-order valence-electron chi connectivity index (χ1n) is 10.1. The van der Waals surface area contributed by atoms with Gasteiger partial charge in [0.2, 0.25) is 0 Å². The fourth-order valence-corrected chi connectivity index (χ4v) is 3.16. The van der Waals surface area contributed by atoms with Crippen LogP contribution in [-0.4, -0.2) is 56.2 Å². The molecule has 0 unspecified atom stereocenters. The van der Waals surface area contributed by atoms with Crippen molar-refractivity contribution in [3.8, 4) is 11.1 Å². The number of aliphatic hydroxyl groups is 1. The van der Waals surface area contributed by atoms with E-state index in [0.717, 1.165) is 5.56 Å². The Bertz CT molecular complexity index is 1090. The molecule has 1 atom stereocenters. The summed E-state index contributed by atoms with van der Waals surface area (Å²) in [5, 5.41) is 21.7. The van der Waals surface area contributed by atoms with Crippen molar-refractivity contribution in [3.63, 3.8) is 0 Å². The molecule has 3 N–H and O–H groups in total. The van der Waals surface area contributed by atoms with Crippen molar-refractivity contribution < 1.29 is 23.8 Å². The Morgan fingerprint density at radius 1 is 1.24 bits per heavy atom. The Balaban J connectivity index is 1.76. The highest BCUT2D eigenvalue weighted by atomic mass is 35.5. The molecule has 9 nitrogen and oxygen atoms in total. The number of aromatic amines is 1. The zero-order chi connectivity index (χ0) is 24.0. The number of hydrazine groups is 1. The second kappa shape index (κ2) is 11.0. The van der Waals surface area contributed by atoms with E-state index >= 15 is 0 Å². The third-order valence-corrected chi connectivity index (χ3v) is 4.73. The van der Waals surface area contributed by atoms with E-state index in [9.17, 15) is 19.1 Å². The number of halogens is 2. The number of carbonyl (C=O) groups excluding carboxylic acids is 2. The molecule has 1 aromatic heterocycles. The number of benzene rings is 2. The molecule has 174 valence electrons. The van der Waals surface area contributed by atoms with E-state index in [-0.39, 0.29) is 18.8 Å². The average Bonchev–Trinajstić information content (AvgIpc) is 3.30. The van der Waals surface area contributed by atoms with Crippen LogP contribution in [0.15, 0.2) is 48.7 Å². The minimum absolute atomic E-state index is 0.0334. The molecular formula is C22H23ClFN5O4. The fourth-order valence-electron chi connectivity index (χ4n) is 2.98. The monoisotopic (exact) mass is 475 g/mol. The number of amides is 1. The molecule has 0 bridgehead atoms. The lowest BCUT2D eigenvalue weighted by Crippen LogP contribution is -2.47.